The standard InChI is InChI=1S/C18H20ClN3O2S/c19-13-3-4-16-20-15(7-21(16)6-13)17(23)22-10-18(11-22)5-14(9-25-18)24-8-12-1-2-12/h3-4,6-7,12,14H,1-2,5,8-11H2. The van der Waals surface area contributed by atoms with E-state index in [1.165, 1.54) is 12.8 Å². The molecule has 25 heavy (non-hydrogen) atoms. The maximum Gasteiger partial charge on any atom is 0.274 e. The van der Waals surface area contributed by atoms with Gasteiger partial charge in [0.15, 0.2) is 0 Å². The first-order chi connectivity index (χ1) is 12.1. The first kappa shape index (κ1) is 16.0. The van der Waals surface area contributed by atoms with Gasteiger partial charge in [-0.25, -0.2) is 4.98 Å². The fraction of sp³-hybridized carbons (Fsp3) is 0.556. The molecule has 4 heterocycles. The normalized spacial score (nSPS) is 24.8. The van der Waals surface area contributed by atoms with E-state index in [1.54, 1.807) is 22.9 Å². The van der Waals surface area contributed by atoms with Gasteiger partial charge >= 0.3 is 0 Å². The molecular weight excluding hydrogens is 358 g/mol. The molecule has 1 spiro atoms. The highest BCUT2D eigenvalue weighted by atomic mass is 35.5. The van der Waals surface area contributed by atoms with Crippen molar-refractivity contribution in [2.24, 2.45) is 5.92 Å². The van der Waals surface area contributed by atoms with Gasteiger partial charge in [0.25, 0.3) is 5.91 Å². The van der Waals surface area contributed by atoms with E-state index in [1.807, 2.05) is 22.7 Å². The number of aromatic nitrogens is 2. The lowest BCUT2D eigenvalue weighted by Gasteiger charge is -2.47. The Morgan fingerprint density at radius 1 is 1.36 bits per heavy atom. The van der Waals surface area contributed by atoms with Gasteiger partial charge in [-0.05, 0) is 37.3 Å². The molecule has 0 aromatic carbocycles. The van der Waals surface area contributed by atoms with Crippen molar-refractivity contribution in [3.05, 3.63) is 35.2 Å². The number of nitrogens with zero attached hydrogens (tertiary/aromatic N) is 3. The van der Waals surface area contributed by atoms with E-state index >= 15 is 0 Å². The van der Waals surface area contributed by atoms with Crippen LogP contribution in [0.3, 0.4) is 0 Å². The summed E-state index contributed by atoms with van der Waals surface area (Å²) in [5.41, 5.74) is 1.23. The predicted octanol–water partition coefficient (Wildman–Crippen LogP) is 3.11. The highest BCUT2D eigenvalue weighted by Gasteiger charge is 2.51. The number of pyridine rings is 1. The van der Waals surface area contributed by atoms with Gasteiger partial charge < -0.3 is 14.0 Å². The molecule has 3 fully saturated rings. The smallest absolute Gasteiger partial charge is 0.274 e. The van der Waals surface area contributed by atoms with Crippen LogP contribution >= 0.6 is 23.4 Å². The number of amides is 1. The Bertz CT molecular complexity index is 829. The third kappa shape index (κ3) is 3.04. The molecule has 2 saturated heterocycles. The van der Waals surface area contributed by atoms with E-state index in [-0.39, 0.29) is 10.7 Å². The van der Waals surface area contributed by atoms with E-state index in [4.69, 9.17) is 16.3 Å². The first-order valence-corrected chi connectivity index (χ1v) is 10.2. The van der Waals surface area contributed by atoms with E-state index in [0.717, 1.165) is 43.4 Å². The van der Waals surface area contributed by atoms with Gasteiger partial charge in [-0.2, -0.15) is 0 Å². The Labute approximate surface area is 155 Å². The number of halogens is 1. The third-order valence-corrected chi connectivity index (χ3v) is 7.12. The molecule has 1 aliphatic carbocycles. The Hall–Kier alpha value is -1.24. The van der Waals surface area contributed by atoms with E-state index in [9.17, 15) is 4.79 Å². The van der Waals surface area contributed by atoms with Gasteiger partial charge in [-0.15, -0.1) is 11.8 Å². The number of ether oxygens (including phenoxy) is 1. The highest BCUT2D eigenvalue weighted by Crippen LogP contribution is 2.46. The van der Waals surface area contributed by atoms with E-state index < -0.39 is 0 Å². The van der Waals surface area contributed by atoms with Crippen LogP contribution in [-0.2, 0) is 4.74 Å². The predicted molar refractivity (Wildman–Crippen MR) is 98.4 cm³/mol. The summed E-state index contributed by atoms with van der Waals surface area (Å²) >= 11 is 7.97. The molecule has 132 valence electrons. The van der Waals surface area contributed by atoms with Gasteiger partial charge in [0.05, 0.1) is 15.9 Å². The molecule has 3 aliphatic rings. The van der Waals surface area contributed by atoms with Crippen LogP contribution in [-0.4, -0.2) is 56.5 Å². The average Bonchev–Trinajstić information content (AvgIpc) is 3.14. The quantitative estimate of drug-likeness (QED) is 0.821. The summed E-state index contributed by atoms with van der Waals surface area (Å²) in [5.74, 6) is 1.87. The molecule has 1 amide bonds. The van der Waals surface area contributed by atoms with Crippen LogP contribution in [0.2, 0.25) is 5.02 Å². The molecule has 5 rings (SSSR count). The van der Waals surface area contributed by atoms with Gasteiger partial charge in [0.1, 0.15) is 11.3 Å². The second-order valence-electron chi connectivity index (χ2n) is 7.50. The van der Waals surface area contributed by atoms with Gasteiger partial charge in [0.2, 0.25) is 0 Å². The summed E-state index contributed by atoms with van der Waals surface area (Å²) in [6.07, 6.45) is 7.62. The lowest BCUT2D eigenvalue weighted by atomic mass is 9.92. The molecule has 1 unspecified atom stereocenters. The molecular formula is C18H20ClN3O2S. The number of rotatable bonds is 4. The van der Waals surface area contributed by atoms with Crippen molar-refractivity contribution in [3.8, 4) is 0 Å². The van der Waals surface area contributed by atoms with Crippen molar-refractivity contribution in [1.82, 2.24) is 14.3 Å². The summed E-state index contributed by atoms with van der Waals surface area (Å²) in [7, 11) is 0. The SMILES string of the molecule is O=C(c1cn2cc(Cl)ccc2n1)N1CC2(CC(OCC3CC3)CS2)C1. The van der Waals surface area contributed by atoms with Crippen molar-refractivity contribution < 1.29 is 9.53 Å². The number of fused-ring (bicyclic) bond motifs is 1. The van der Waals surface area contributed by atoms with Crippen LogP contribution < -0.4 is 0 Å². The van der Waals surface area contributed by atoms with Crippen LogP contribution in [0.15, 0.2) is 24.5 Å². The zero-order chi connectivity index (χ0) is 17.0. The fourth-order valence-corrected chi connectivity index (χ4v) is 5.43. The van der Waals surface area contributed by atoms with Crippen LogP contribution in [0.5, 0.6) is 0 Å². The number of thioether (sulfide) groups is 1. The summed E-state index contributed by atoms with van der Waals surface area (Å²) in [5, 5.41) is 0.631. The summed E-state index contributed by atoms with van der Waals surface area (Å²) in [4.78, 5) is 19.0. The molecule has 2 aromatic rings. The molecule has 1 saturated carbocycles. The van der Waals surface area contributed by atoms with Gasteiger partial charge in [-0.3, -0.25) is 4.79 Å². The molecule has 0 N–H and O–H groups in total. The Morgan fingerprint density at radius 2 is 2.20 bits per heavy atom. The Kier molecular flexibility index (Phi) is 3.77. The maximum absolute atomic E-state index is 12.7. The third-order valence-electron chi connectivity index (χ3n) is 5.32. The molecule has 2 aromatic heterocycles. The number of hydrogen-bond acceptors (Lipinski definition) is 4. The topological polar surface area (TPSA) is 46.8 Å². The minimum Gasteiger partial charge on any atom is -0.377 e. The summed E-state index contributed by atoms with van der Waals surface area (Å²) < 4.78 is 8.04. The zero-order valence-corrected chi connectivity index (χ0v) is 15.4. The Balaban J connectivity index is 1.21. The molecule has 2 aliphatic heterocycles. The monoisotopic (exact) mass is 377 g/mol. The van der Waals surface area contributed by atoms with Crippen molar-refractivity contribution in [1.29, 1.82) is 0 Å². The van der Waals surface area contributed by atoms with Crippen LogP contribution in [0, 0.1) is 5.92 Å². The number of carbonyl (C=O) groups excluding carboxylic acids is 1. The second-order valence-corrected chi connectivity index (χ2v) is 9.42. The largest absolute Gasteiger partial charge is 0.377 e. The van der Waals surface area contributed by atoms with Crippen molar-refractivity contribution in [2.45, 2.75) is 30.1 Å². The number of hydrogen-bond donors (Lipinski definition) is 0. The summed E-state index contributed by atoms with van der Waals surface area (Å²) in [6.45, 7) is 2.52. The molecule has 0 radical (unpaired) electrons. The van der Waals surface area contributed by atoms with Crippen LogP contribution in [0.1, 0.15) is 29.8 Å². The first-order valence-electron chi connectivity index (χ1n) is 8.79. The number of imidazole rings is 1. The molecule has 0 bridgehead atoms. The minimum absolute atomic E-state index is 0.00777. The van der Waals surface area contributed by atoms with Crippen molar-refractivity contribution in [3.63, 3.8) is 0 Å². The minimum atomic E-state index is 0.00777. The second kappa shape index (κ2) is 5.89. The molecule has 7 heteroatoms. The molecule has 1 atom stereocenters. The van der Waals surface area contributed by atoms with Crippen LogP contribution in [0.25, 0.3) is 5.65 Å². The fourth-order valence-electron chi connectivity index (χ4n) is 3.71. The lowest BCUT2D eigenvalue weighted by Crippen LogP contribution is -2.60. The average molecular weight is 378 g/mol. The highest BCUT2D eigenvalue weighted by molar-refractivity contribution is 8.01. The zero-order valence-electron chi connectivity index (χ0n) is 13.9. The van der Waals surface area contributed by atoms with Crippen molar-refractivity contribution in [2.75, 3.05) is 25.4 Å². The Morgan fingerprint density at radius 3 is 3.00 bits per heavy atom. The van der Waals surface area contributed by atoms with Crippen molar-refractivity contribution >= 4 is 34.9 Å². The van der Waals surface area contributed by atoms with E-state index in [0.29, 0.717) is 16.8 Å². The van der Waals surface area contributed by atoms with Gasteiger partial charge in [-0.1, -0.05) is 11.6 Å². The number of carbonyl (C=O) groups is 1. The van der Waals surface area contributed by atoms with Crippen LogP contribution in [0.4, 0.5) is 0 Å². The lowest BCUT2D eigenvalue weighted by molar-refractivity contribution is 0.0284. The van der Waals surface area contributed by atoms with E-state index in [2.05, 4.69) is 4.98 Å². The maximum atomic E-state index is 12.7. The molecule has 5 nitrogen and oxygen atoms in total. The van der Waals surface area contributed by atoms with Gasteiger partial charge in [0, 0.05) is 37.8 Å². The summed E-state index contributed by atoms with van der Waals surface area (Å²) in [6, 6.07) is 3.61. The number of likely N-dealkylation sites (tertiary alicyclic amines) is 1.